The van der Waals surface area contributed by atoms with Crippen molar-refractivity contribution in [2.75, 3.05) is 36.4 Å². The Balaban J connectivity index is 1.36. The van der Waals surface area contributed by atoms with Gasteiger partial charge < -0.3 is 10.2 Å². The van der Waals surface area contributed by atoms with Gasteiger partial charge in [-0.05, 0) is 11.6 Å². The van der Waals surface area contributed by atoms with Gasteiger partial charge in [0.25, 0.3) is 11.5 Å². The fourth-order valence-corrected chi connectivity index (χ4v) is 3.22. The zero-order valence-electron chi connectivity index (χ0n) is 15.8. The molecule has 0 atom stereocenters. The molecular weight excluding hydrogens is 370 g/mol. The molecule has 148 valence electrons. The maximum absolute atomic E-state index is 12.3. The number of hydrogen-bond donors (Lipinski definition) is 2. The van der Waals surface area contributed by atoms with E-state index in [0.717, 1.165) is 38.5 Å². The first-order chi connectivity index (χ1) is 14.2. The van der Waals surface area contributed by atoms with E-state index in [9.17, 15) is 9.59 Å². The highest BCUT2D eigenvalue weighted by Gasteiger charge is 2.19. The first-order valence-electron chi connectivity index (χ1n) is 9.38. The van der Waals surface area contributed by atoms with Crippen LogP contribution in [0.5, 0.6) is 0 Å². The Labute approximate surface area is 167 Å². The average Bonchev–Trinajstić information content (AvgIpc) is 2.76. The number of benzene rings is 1. The number of amides is 1. The van der Waals surface area contributed by atoms with Gasteiger partial charge in [0.1, 0.15) is 23.7 Å². The summed E-state index contributed by atoms with van der Waals surface area (Å²) in [5.41, 5.74) is 1.06. The molecule has 1 aliphatic heterocycles. The second kappa shape index (κ2) is 8.61. The normalized spacial score (nSPS) is 14.6. The van der Waals surface area contributed by atoms with Crippen molar-refractivity contribution < 1.29 is 4.79 Å². The topological polar surface area (TPSA) is 107 Å². The van der Waals surface area contributed by atoms with Crippen molar-refractivity contribution in [3.8, 4) is 0 Å². The third-order valence-electron chi connectivity index (χ3n) is 4.75. The van der Waals surface area contributed by atoms with Crippen LogP contribution >= 0.6 is 0 Å². The molecule has 0 spiro atoms. The molecule has 2 aromatic heterocycles. The molecular formula is C20H21N7O2. The number of H-pyrrole nitrogens is 1. The van der Waals surface area contributed by atoms with Gasteiger partial charge in [0.05, 0.1) is 0 Å². The summed E-state index contributed by atoms with van der Waals surface area (Å²) in [7, 11) is 0. The zero-order valence-corrected chi connectivity index (χ0v) is 15.8. The summed E-state index contributed by atoms with van der Waals surface area (Å²) < 4.78 is 0. The molecule has 3 heterocycles. The Morgan fingerprint density at radius 1 is 1.03 bits per heavy atom. The fraction of sp³-hybridized carbons (Fsp3) is 0.250. The minimum Gasteiger partial charge on any atom is -0.354 e. The highest BCUT2D eigenvalue weighted by Crippen LogP contribution is 2.17. The van der Waals surface area contributed by atoms with E-state index in [1.165, 1.54) is 24.0 Å². The van der Waals surface area contributed by atoms with Crippen LogP contribution in [0.25, 0.3) is 0 Å². The van der Waals surface area contributed by atoms with Gasteiger partial charge in [-0.25, -0.2) is 15.1 Å². The molecule has 2 N–H and O–H groups in total. The van der Waals surface area contributed by atoms with E-state index >= 15 is 0 Å². The maximum Gasteiger partial charge on any atom is 0.277 e. The summed E-state index contributed by atoms with van der Waals surface area (Å²) in [6.07, 6.45) is 1.43. The smallest absolute Gasteiger partial charge is 0.277 e. The number of rotatable bonds is 5. The third-order valence-corrected chi connectivity index (χ3v) is 4.75. The molecule has 1 amide bonds. The zero-order chi connectivity index (χ0) is 20.1. The minimum atomic E-state index is -0.446. The molecule has 3 aromatic rings. The van der Waals surface area contributed by atoms with Crippen LogP contribution in [0.1, 0.15) is 16.1 Å². The summed E-state index contributed by atoms with van der Waals surface area (Å²) in [5.74, 6) is 0.711. The van der Waals surface area contributed by atoms with Crippen molar-refractivity contribution in [3.05, 3.63) is 76.5 Å². The van der Waals surface area contributed by atoms with Gasteiger partial charge >= 0.3 is 0 Å². The summed E-state index contributed by atoms with van der Waals surface area (Å²) in [5, 5.41) is 8.65. The lowest BCUT2D eigenvalue weighted by atomic mass is 10.2. The van der Waals surface area contributed by atoms with Gasteiger partial charge in [-0.3, -0.25) is 14.5 Å². The maximum atomic E-state index is 12.3. The van der Waals surface area contributed by atoms with Crippen LogP contribution in [-0.4, -0.2) is 57.2 Å². The minimum absolute atomic E-state index is 0.110. The van der Waals surface area contributed by atoms with E-state index in [1.54, 1.807) is 6.07 Å². The average molecular weight is 391 g/mol. The van der Waals surface area contributed by atoms with E-state index in [2.05, 4.69) is 59.5 Å². The summed E-state index contributed by atoms with van der Waals surface area (Å²) in [4.78, 5) is 36.4. The molecule has 0 unspecified atom stereocenters. The number of nitrogens with one attached hydrogen (secondary N) is 2. The number of carbonyl (C=O) groups excluding carboxylic acids is 1. The van der Waals surface area contributed by atoms with Crippen LogP contribution in [-0.2, 0) is 6.54 Å². The Hall–Kier alpha value is -3.59. The first kappa shape index (κ1) is 18.8. The van der Waals surface area contributed by atoms with Crippen LogP contribution in [0.15, 0.2) is 59.7 Å². The standard InChI is InChI=1S/C20H21N7O2/c28-19-7-6-16(24-25-19)20(29)23-17-12-18(22-14-21-17)27-10-8-26(9-11-27)13-15-4-2-1-3-5-15/h1-7,12,14H,8-11,13H2,(H,25,28)(H,21,22,23,29). The van der Waals surface area contributed by atoms with Gasteiger partial charge in [0.2, 0.25) is 0 Å². The molecule has 1 aliphatic rings. The van der Waals surface area contributed by atoms with Gasteiger partial charge in [-0.1, -0.05) is 30.3 Å². The van der Waals surface area contributed by atoms with E-state index in [1.807, 2.05) is 6.07 Å². The van der Waals surface area contributed by atoms with Crippen LogP contribution in [0, 0.1) is 0 Å². The predicted molar refractivity (Wildman–Crippen MR) is 109 cm³/mol. The van der Waals surface area contributed by atoms with E-state index < -0.39 is 5.91 Å². The van der Waals surface area contributed by atoms with Crippen molar-refractivity contribution in [1.29, 1.82) is 0 Å². The van der Waals surface area contributed by atoms with Gasteiger partial charge in [0, 0.05) is 44.9 Å². The molecule has 9 heteroatoms. The molecule has 1 saturated heterocycles. The number of carbonyl (C=O) groups is 1. The summed E-state index contributed by atoms with van der Waals surface area (Å²) in [6.45, 7) is 4.49. The molecule has 0 saturated carbocycles. The molecule has 29 heavy (non-hydrogen) atoms. The molecule has 0 radical (unpaired) electrons. The van der Waals surface area contributed by atoms with Crippen LogP contribution in [0.2, 0.25) is 0 Å². The lowest BCUT2D eigenvalue weighted by molar-refractivity contribution is 0.102. The Kier molecular flexibility index (Phi) is 5.57. The summed E-state index contributed by atoms with van der Waals surface area (Å²) >= 11 is 0. The van der Waals surface area contributed by atoms with Crippen LogP contribution in [0.4, 0.5) is 11.6 Å². The highest BCUT2D eigenvalue weighted by atomic mass is 16.2. The third kappa shape index (κ3) is 4.82. The van der Waals surface area contributed by atoms with Gasteiger partial charge in [-0.15, -0.1) is 0 Å². The molecule has 9 nitrogen and oxygen atoms in total. The van der Waals surface area contributed by atoms with Crippen molar-refractivity contribution >= 4 is 17.5 Å². The number of anilines is 2. The fourth-order valence-electron chi connectivity index (χ4n) is 3.22. The monoisotopic (exact) mass is 391 g/mol. The molecule has 0 bridgehead atoms. The Morgan fingerprint density at radius 3 is 2.55 bits per heavy atom. The number of hydrogen-bond acceptors (Lipinski definition) is 7. The van der Waals surface area contributed by atoms with Crippen molar-refractivity contribution in [3.63, 3.8) is 0 Å². The van der Waals surface area contributed by atoms with Crippen molar-refractivity contribution in [1.82, 2.24) is 25.1 Å². The van der Waals surface area contributed by atoms with Crippen molar-refractivity contribution in [2.24, 2.45) is 0 Å². The molecule has 0 aliphatic carbocycles. The predicted octanol–water partition coefficient (Wildman–Crippen LogP) is 1.13. The largest absolute Gasteiger partial charge is 0.354 e. The molecule has 1 fully saturated rings. The lowest BCUT2D eigenvalue weighted by Gasteiger charge is -2.35. The molecule has 4 rings (SSSR count). The van der Waals surface area contributed by atoms with Crippen LogP contribution in [0.3, 0.4) is 0 Å². The number of aromatic amines is 1. The van der Waals surface area contributed by atoms with Crippen molar-refractivity contribution in [2.45, 2.75) is 6.54 Å². The highest BCUT2D eigenvalue weighted by molar-refractivity contribution is 6.02. The van der Waals surface area contributed by atoms with E-state index in [0.29, 0.717) is 5.82 Å². The quantitative estimate of drug-likeness (QED) is 0.671. The summed E-state index contributed by atoms with van der Waals surface area (Å²) in [6, 6.07) is 14.8. The first-order valence-corrected chi connectivity index (χ1v) is 9.38. The SMILES string of the molecule is O=C(Nc1cc(N2CCN(Cc3ccccc3)CC2)ncn1)c1ccc(=O)[nH]n1. The molecule has 1 aromatic carbocycles. The number of piperazine rings is 1. The second-order valence-corrected chi connectivity index (χ2v) is 6.77. The Bertz CT molecular complexity index is 1010. The van der Waals surface area contributed by atoms with Crippen LogP contribution < -0.4 is 15.8 Å². The Morgan fingerprint density at radius 2 is 1.83 bits per heavy atom. The lowest BCUT2D eigenvalue weighted by Crippen LogP contribution is -2.46. The number of nitrogens with zero attached hydrogens (tertiary/aromatic N) is 5. The van der Waals surface area contributed by atoms with E-state index in [-0.39, 0.29) is 11.3 Å². The van der Waals surface area contributed by atoms with Gasteiger partial charge in [-0.2, -0.15) is 5.10 Å². The van der Waals surface area contributed by atoms with E-state index in [4.69, 9.17) is 0 Å². The number of aromatic nitrogens is 4. The second-order valence-electron chi connectivity index (χ2n) is 6.77. The van der Waals surface area contributed by atoms with Gasteiger partial charge in [0.15, 0.2) is 0 Å².